The van der Waals surface area contributed by atoms with Crippen LogP contribution in [0.5, 0.6) is 0 Å². The Morgan fingerprint density at radius 1 is 1.21 bits per heavy atom. The summed E-state index contributed by atoms with van der Waals surface area (Å²) in [6, 6.07) is 0. The number of ether oxygens (including phenoxy) is 3. The van der Waals surface area contributed by atoms with Crippen LogP contribution < -0.4 is 0 Å². The molecular weight excluding hydrogens is 432 g/mol. The Balaban J connectivity index is 2.62. The van der Waals surface area contributed by atoms with Crippen molar-refractivity contribution in [3.05, 3.63) is 12.2 Å². The predicted molar refractivity (Wildman–Crippen MR) is 117 cm³/mol. The highest BCUT2D eigenvalue weighted by Gasteiger charge is 2.57. The minimum absolute atomic E-state index is 0.0180. The molecule has 0 aromatic rings. The lowest BCUT2D eigenvalue weighted by Crippen LogP contribution is -2.57. The van der Waals surface area contributed by atoms with Gasteiger partial charge in [-0.3, -0.25) is 14.4 Å². The van der Waals surface area contributed by atoms with E-state index in [4.69, 9.17) is 14.2 Å². The molecular formula is C24H36O9. The van der Waals surface area contributed by atoms with Crippen molar-refractivity contribution in [2.45, 2.75) is 90.8 Å². The highest BCUT2D eigenvalue weighted by molar-refractivity contribution is 5.95. The van der Waals surface area contributed by atoms with E-state index in [-0.39, 0.29) is 18.4 Å². The molecule has 2 fully saturated rings. The van der Waals surface area contributed by atoms with Crippen molar-refractivity contribution >= 4 is 23.7 Å². The number of fused-ring (bicyclic) bond motifs is 1. The van der Waals surface area contributed by atoms with Gasteiger partial charge in [0.15, 0.2) is 24.1 Å². The molecule has 2 N–H and O–H groups in total. The van der Waals surface area contributed by atoms with Crippen LogP contribution in [0.2, 0.25) is 0 Å². The van der Waals surface area contributed by atoms with Gasteiger partial charge in [0.1, 0.15) is 5.60 Å². The third-order valence-electron chi connectivity index (χ3n) is 6.51. The molecule has 1 heterocycles. The lowest BCUT2D eigenvalue weighted by Gasteiger charge is -2.41. The number of carbonyl (C=O) groups is 4. The number of carbonyl (C=O) groups excluding carboxylic acids is 4. The van der Waals surface area contributed by atoms with Crippen LogP contribution in [0.15, 0.2) is 12.2 Å². The minimum atomic E-state index is -1.82. The summed E-state index contributed by atoms with van der Waals surface area (Å²) in [4.78, 5) is 51.1. The molecule has 0 bridgehead atoms. The van der Waals surface area contributed by atoms with E-state index in [9.17, 15) is 29.4 Å². The van der Waals surface area contributed by atoms with Crippen LogP contribution in [0, 0.1) is 23.7 Å². The topological polar surface area (TPSA) is 136 Å². The fourth-order valence-electron chi connectivity index (χ4n) is 4.22. The van der Waals surface area contributed by atoms with Crippen LogP contribution in [0.4, 0.5) is 0 Å². The first-order chi connectivity index (χ1) is 15.2. The Morgan fingerprint density at radius 3 is 2.36 bits per heavy atom. The zero-order valence-electron chi connectivity index (χ0n) is 20.2. The molecule has 1 aliphatic heterocycles. The van der Waals surface area contributed by atoms with E-state index in [1.807, 2.05) is 0 Å². The summed E-state index contributed by atoms with van der Waals surface area (Å²) in [7, 11) is 0. The summed E-state index contributed by atoms with van der Waals surface area (Å²) in [6.07, 6.45) is -5.11. The lowest BCUT2D eigenvalue weighted by molar-refractivity contribution is -0.199. The molecule has 0 radical (unpaired) electrons. The van der Waals surface area contributed by atoms with E-state index in [1.54, 1.807) is 34.6 Å². The number of esters is 3. The maximum Gasteiger partial charge on any atom is 0.334 e. The third-order valence-corrected chi connectivity index (χ3v) is 6.51. The maximum atomic E-state index is 13.4. The van der Waals surface area contributed by atoms with E-state index in [2.05, 4.69) is 6.58 Å². The Bertz CT molecular complexity index is 800. The molecule has 0 spiro atoms. The molecule has 4 unspecified atom stereocenters. The molecule has 186 valence electrons. The Labute approximate surface area is 194 Å². The largest absolute Gasteiger partial charge is 0.455 e. The van der Waals surface area contributed by atoms with Crippen molar-refractivity contribution in [1.82, 2.24) is 0 Å². The normalized spacial score (nSPS) is 36.1. The number of rotatable bonds is 5. The van der Waals surface area contributed by atoms with E-state index in [0.717, 1.165) is 0 Å². The van der Waals surface area contributed by atoms with Gasteiger partial charge in [-0.15, -0.1) is 0 Å². The van der Waals surface area contributed by atoms with Crippen molar-refractivity contribution in [2.75, 3.05) is 0 Å². The quantitative estimate of drug-likeness (QED) is 0.351. The van der Waals surface area contributed by atoms with Crippen LogP contribution in [0.25, 0.3) is 0 Å². The van der Waals surface area contributed by atoms with Gasteiger partial charge in [-0.05, 0) is 19.8 Å². The molecule has 1 aliphatic carbocycles. The van der Waals surface area contributed by atoms with Crippen LogP contribution in [-0.2, 0) is 33.4 Å². The van der Waals surface area contributed by atoms with Gasteiger partial charge in [0.05, 0.1) is 23.9 Å². The molecule has 33 heavy (non-hydrogen) atoms. The molecule has 8 atom stereocenters. The molecule has 1 saturated heterocycles. The third kappa shape index (κ3) is 5.81. The average Bonchev–Trinajstić information content (AvgIpc) is 3.00. The molecule has 0 aromatic carbocycles. The van der Waals surface area contributed by atoms with E-state index in [0.29, 0.717) is 6.42 Å². The van der Waals surface area contributed by atoms with Crippen molar-refractivity contribution < 1.29 is 43.6 Å². The lowest BCUT2D eigenvalue weighted by atomic mass is 9.75. The molecule has 2 rings (SSSR count). The van der Waals surface area contributed by atoms with Crippen LogP contribution in [0.1, 0.15) is 60.8 Å². The van der Waals surface area contributed by atoms with Gasteiger partial charge in [-0.2, -0.15) is 0 Å². The van der Waals surface area contributed by atoms with Gasteiger partial charge < -0.3 is 24.4 Å². The second-order valence-corrected chi connectivity index (χ2v) is 9.85. The fraction of sp³-hybridized carbons (Fsp3) is 0.750. The molecule has 9 heteroatoms. The fourth-order valence-corrected chi connectivity index (χ4v) is 4.22. The first kappa shape index (κ1) is 27.0. The predicted octanol–water partition coefficient (Wildman–Crippen LogP) is 1.72. The van der Waals surface area contributed by atoms with Gasteiger partial charge in [0.2, 0.25) is 0 Å². The van der Waals surface area contributed by atoms with Crippen molar-refractivity contribution in [3.8, 4) is 0 Å². The zero-order valence-corrected chi connectivity index (χ0v) is 20.2. The summed E-state index contributed by atoms with van der Waals surface area (Å²) >= 11 is 0. The Kier molecular flexibility index (Phi) is 8.46. The summed E-state index contributed by atoms with van der Waals surface area (Å²) in [5.74, 6) is -5.60. The van der Waals surface area contributed by atoms with Gasteiger partial charge in [0, 0.05) is 17.9 Å². The zero-order chi connectivity index (χ0) is 25.2. The van der Waals surface area contributed by atoms with Crippen molar-refractivity contribution in [3.63, 3.8) is 0 Å². The van der Waals surface area contributed by atoms with E-state index >= 15 is 0 Å². The number of aliphatic hydroxyl groups is 2. The SMILES string of the molecule is C=C1C(=O)O[C@@H]2C1[C@H](OC(=O)C(C)CC)C(=O)C(C)C[C@H](O)C[C@](C)(O)C2OC(=O)C(C)C. The van der Waals surface area contributed by atoms with Crippen LogP contribution >= 0.6 is 0 Å². The number of ketones is 1. The number of hydrogen-bond donors (Lipinski definition) is 2. The minimum Gasteiger partial charge on any atom is -0.455 e. The Hall–Kier alpha value is -2.26. The second kappa shape index (κ2) is 10.3. The average molecular weight is 469 g/mol. The van der Waals surface area contributed by atoms with E-state index in [1.165, 1.54) is 6.92 Å². The van der Waals surface area contributed by atoms with Gasteiger partial charge in [-0.1, -0.05) is 41.2 Å². The summed E-state index contributed by atoms with van der Waals surface area (Å²) < 4.78 is 16.6. The van der Waals surface area contributed by atoms with Gasteiger partial charge in [0.25, 0.3) is 0 Å². The Morgan fingerprint density at radius 2 is 1.82 bits per heavy atom. The highest BCUT2D eigenvalue weighted by Crippen LogP contribution is 2.41. The second-order valence-electron chi connectivity index (χ2n) is 9.85. The first-order valence-corrected chi connectivity index (χ1v) is 11.5. The van der Waals surface area contributed by atoms with Gasteiger partial charge >= 0.3 is 17.9 Å². The summed E-state index contributed by atoms with van der Waals surface area (Å²) in [5, 5.41) is 21.8. The van der Waals surface area contributed by atoms with Gasteiger partial charge in [-0.25, -0.2) is 4.79 Å². The molecule has 1 saturated carbocycles. The number of Topliss-reactive ketones (excluding diaryl/α,β-unsaturated/α-hetero) is 1. The van der Waals surface area contributed by atoms with Crippen LogP contribution in [-0.4, -0.2) is 63.9 Å². The van der Waals surface area contributed by atoms with Crippen LogP contribution in [0.3, 0.4) is 0 Å². The van der Waals surface area contributed by atoms with Crippen molar-refractivity contribution in [2.24, 2.45) is 23.7 Å². The summed E-state index contributed by atoms with van der Waals surface area (Å²) in [6.45, 7) is 13.4. The van der Waals surface area contributed by atoms with E-state index < -0.39 is 77.4 Å². The molecule has 0 aromatic heterocycles. The number of aliphatic hydroxyl groups excluding tert-OH is 1. The number of hydrogen-bond acceptors (Lipinski definition) is 9. The standard InChI is InChI=1S/C24H36O9/c1-8-12(4)22(28)31-18-16-14(6)23(29)32-19(16)20(33-21(27)11(2)3)24(7,30)10-15(25)9-13(5)17(18)26/h11-13,15-16,18-20,25,30H,6,8-10H2,1-5,7H3/t12?,13?,15-,16?,18-,19+,20?,24-/m0/s1. The molecule has 2 aliphatic rings. The monoisotopic (exact) mass is 468 g/mol. The van der Waals surface area contributed by atoms with Crippen molar-refractivity contribution in [1.29, 1.82) is 0 Å². The first-order valence-electron chi connectivity index (χ1n) is 11.5. The summed E-state index contributed by atoms with van der Waals surface area (Å²) in [5.41, 5.74) is -1.92. The molecule has 9 nitrogen and oxygen atoms in total. The maximum absolute atomic E-state index is 13.4. The smallest absolute Gasteiger partial charge is 0.334 e. The molecule has 0 amide bonds. The highest BCUT2D eigenvalue weighted by atomic mass is 16.6.